The molecular weight excluding hydrogens is 174 g/mol. The zero-order valence-corrected chi connectivity index (χ0v) is 10.9. The lowest BCUT2D eigenvalue weighted by Crippen LogP contribution is -2.38. The normalized spacial score (nSPS) is 14.6. The first-order valence-electron chi connectivity index (χ1n) is 6.14. The first-order chi connectivity index (χ1) is 6.67. The summed E-state index contributed by atoms with van der Waals surface area (Å²) in [4.78, 5) is 0. The number of hydroxylamine groups is 2. The van der Waals surface area contributed by atoms with Gasteiger partial charge in [-0.15, -0.1) is 0 Å². The second-order valence-electron chi connectivity index (χ2n) is 3.49. The van der Waals surface area contributed by atoms with Gasteiger partial charge in [-0.3, -0.25) is 0 Å². The second kappa shape index (κ2) is 11.0. The third kappa shape index (κ3) is 6.39. The zero-order valence-electron chi connectivity index (χ0n) is 10.9. The number of nitrogens with zero attached hydrogens (tertiary/aromatic N) is 1. The van der Waals surface area contributed by atoms with Gasteiger partial charge in [-0.25, -0.2) is 0 Å². The Labute approximate surface area is 90.3 Å². The maximum atomic E-state index is 9.74. The molecule has 0 aromatic rings. The molecule has 0 aliphatic rings. The van der Waals surface area contributed by atoms with Crippen LogP contribution in [-0.2, 0) is 0 Å². The summed E-state index contributed by atoms with van der Waals surface area (Å²) in [5, 5.41) is 11.3. The Hall–Kier alpha value is -0.0800. The Morgan fingerprint density at radius 2 is 1.57 bits per heavy atom. The molecule has 0 saturated carbocycles. The number of rotatable bonds is 6. The highest BCUT2D eigenvalue weighted by Gasteiger charge is 2.17. The molecule has 0 radical (unpaired) electrons. The Bertz CT molecular complexity index is 106. The fourth-order valence-electron chi connectivity index (χ4n) is 1.40. The fraction of sp³-hybridized carbons (Fsp3) is 1.00. The maximum absolute atomic E-state index is 9.74. The van der Waals surface area contributed by atoms with Crippen LogP contribution in [0, 0.1) is 0 Å². The largest absolute Gasteiger partial charge is 0.313 e. The van der Waals surface area contributed by atoms with Gasteiger partial charge >= 0.3 is 0 Å². The molecule has 14 heavy (non-hydrogen) atoms. The van der Waals surface area contributed by atoms with Crippen LogP contribution >= 0.6 is 0 Å². The van der Waals surface area contributed by atoms with Gasteiger partial charge in [0.2, 0.25) is 0 Å². The van der Waals surface area contributed by atoms with Gasteiger partial charge in [-0.05, 0) is 26.2 Å². The Morgan fingerprint density at radius 3 is 1.86 bits per heavy atom. The topological polar surface area (TPSA) is 23.5 Å². The van der Waals surface area contributed by atoms with Gasteiger partial charge in [-0.1, -0.05) is 41.0 Å². The van der Waals surface area contributed by atoms with Crippen LogP contribution < -0.4 is 0 Å². The summed E-state index contributed by atoms with van der Waals surface area (Å²) < 4.78 is 0. The Morgan fingerprint density at radius 1 is 1.07 bits per heavy atom. The van der Waals surface area contributed by atoms with Gasteiger partial charge in [0.15, 0.2) is 0 Å². The first kappa shape index (κ1) is 16.4. The molecular formula is C12H29NO. The molecule has 1 N–H and O–H groups in total. The number of hydrogen-bond donors (Lipinski definition) is 1. The van der Waals surface area contributed by atoms with Crippen LogP contribution in [0.3, 0.4) is 0 Å². The lowest BCUT2D eigenvalue weighted by molar-refractivity contribution is -0.158. The monoisotopic (exact) mass is 203 g/mol. The van der Waals surface area contributed by atoms with Crippen LogP contribution in [0.1, 0.15) is 67.2 Å². The standard InChI is InChI=1S/C10H23NO.C2H6/c1-5-8-10(7-3)11(12)9(4)6-2;1-2/h9-10,12H,5-8H2,1-4H3;1-2H3. The molecule has 0 amide bonds. The summed E-state index contributed by atoms with van der Waals surface area (Å²) >= 11 is 0. The molecule has 0 spiro atoms. The molecule has 0 rings (SSSR count). The summed E-state index contributed by atoms with van der Waals surface area (Å²) in [7, 11) is 0. The van der Waals surface area contributed by atoms with Crippen molar-refractivity contribution in [2.24, 2.45) is 0 Å². The fourth-order valence-corrected chi connectivity index (χ4v) is 1.40. The maximum Gasteiger partial charge on any atom is 0.0350 e. The van der Waals surface area contributed by atoms with Crippen LogP contribution in [-0.4, -0.2) is 22.4 Å². The van der Waals surface area contributed by atoms with Crippen molar-refractivity contribution in [3.8, 4) is 0 Å². The minimum Gasteiger partial charge on any atom is -0.313 e. The molecule has 2 nitrogen and oxygen atoms in total. The van der Waals surface area contributed by atoms with Crippen LogP contribution in [0.2, 0.25) is 0 Å². The lowest BCUT2D eigenvalue weighted by atomic mass is 10.1. The van der Waals surface area contributed by atoms with Crippen molar-refractivity contribution in [3.63, 3.8) is 0 Å². The first-order valence-corrected chi connectivity index (χ1v) is 6.14. The smallest absolute Gasteiger partial charge is 0.0350 e. The third-order valence-corrected chi connectivity index (χ3v) is 2.51. The molecule has 0 aliphatic carbocycles. The summed E-state index contributed by atoms with van der Waals surface area (Å²) in [5.74, 6) is 0. The molecule has 0 fully saturated rings. The SMILES string of the molecule is CC.CCCC(CC)N(O)C(C)CC. The summed E-state index contributed by atoms with van der Waals surface area (Å²) in [6.45, 7) is 12.5. The quantitative estimate of drug-likeness (QED) is 0.657. The molecule has 88 valence electrons. The predicted octanol–water partition coefficient (Wildman–Crippen LogP) is 4.08. The summed E-state index contributed by atoms with van der Waals surface area (Å²) in [6, 6.07) is 0.645. The van der Waals surface area contributed by atoms with E-state index in [1.807, 2.05) is 13.8 Å². The van der Waals surface area contributed by atoms with Crippen LogP contribution in [0.25, 0.3) is 0 Å². The molecule has 0 aliphatic heterocycles. The Balaban J connectivity index is 0. The van der Waals surface area contributed by atoms with Crippen molar-refractivity contribution in [2.75, 3.05) is 0 Å². The van der Waals surface area contributed by atoms with Crippen molar-refractivity contribution in [1.29, 1.82) is 0 Å². The van der Waals surface area contributed by atoms with Crippen molar-refractivity contribution in [2.45, 2.75) is 79.3 Å². The highest BCUT2D eigenvalue weighted by atomic mass is 16.5. The van der Waals surface area contributed by atoms with Gasteiger partial charge in [0.05, 0.1) is 0 Å². The van der Waals surface area contributed by atoms with Crippen molar-refractivity contribution < 1.29 is 5.21 Å². The molecule has 0 aromatic carbocycles. The van der Waals surface area contributed by atoms with E-state index in [1.54, 1.807) is 0 Å². The Kier molecular flexibility index (Phi) is 12.8. The minimum absolute atomic E-state index is 0.293. The number of hydrogen-bond acceptors (Lipinski definition) is 2. The molecule has 2 atom stereocenters. The molecule has 2 heteroatoms. The third-order valence-electron chi connectivity index (χ3n) is 2.51. The van der Waals surface area contributed by atoms with E-state index in [-0.39, 0.29) is 0 Å². The highest BCUT2D eigenvalue weighted by Crippen LogP contribution is 2.13. The van der Waals surface area contributed by atoms with Crippen LogP contribution in [0.5, 0.6) is 0 Å². The lowest BCUT2D eigenvalue weighted by Gasteiger charge is -2.29. The van der Waals surface area contributed by atoms with Gasteiger partial charge in [-0.2, -0.15) is 5.06 Å². The molecule has 0 saturated heterocycles. The van der Waals surface area contributed by atoms with E-state index in [0.29, 0.717) is 12.1 Å². The van der Waals surface area contributed by atoms with E-state index < -0.39 is 0 Å². The van der Waals surface area contributed by atoms with E-state index in [9.17, 15) is 5.21 Å². The van der Waals surface area contributed by atoms with E-state index in [2.05, 4.69) is 27.7 Å². The zero-order chi connectivity index (χ0) is 11.6. The van der Waals surface area contributed by atoms with Gasteiger partial charge in [0.1, 0.15) is 0 Å². The van der Waals surface area contributed by atoms with E-state index in [4.69, 9.17) is 0 Å². The van der Waals surface area contributed by atoms with Crippen molar-refractivity contribution in [1.82, 2.24) is 5.06 Å². The van der Waals surface area contributed by atoms with Gasteiger partial charge in [0.25, 0.3) is 0 Å². The van der Waals surface area contributed by atoms with Crippen molar-refractivity contribution >= 4 is 0 Å². The van der Waals surface area contributed by atoms with Crippen molar-refractivity contribution in [3.05, 3.63) is 0 Å². The second-order valence-corrected chi connectivity index (χ2v) is 3.49. The average molecular weight is 203 g/mol. The molecule has 0 heterocycles. The van der Waals surface area contributed by atoms with Crippen LogP contribution in [0.4, 0.5) is 0 Å². The van der Waals surface area contributed by atoms with E-state index in [0.717, 1.165) is 25.7 Å². The van der Waals surface area contributed by atoms with Gasteiger partial charge < -0.3 is 5.21 Å². The summed E-state index contributed by atoms with van der Waals surface area (Å²) in [5.41, 5.74) is 0. The average Bonchev–Trinajstić information content (AvgIpc) is 2.26. The summed E-state index contributed by atoms with van der Waals surface area (Å²) in [6.07, 6.45) is 4.29. The highest BCUT2D eigenvalue weighted by molar-refractivity contribution is 4.67. The van der Waals surface area contributed by atoms with Gasteiger partial charge in [0, 0.05) is 12.1 Å². The predicted molar refractivity (Wildman–Crippen MR) is 63.7 cm³/mol. The van der Waals surface area contributed by atoms with Crippen LogP contribution in [0.15, 0.2) is 0 Å². The van der Waals surface area contributed by atoms with E-state index >= 15 is 0 Å². The van der Waals surface area contributed by atoms with E-state index in [1.165, 1.54) is 5.06 Å². The molecule has 2 unspecified atom stereocenters. The molecule has 0 bridgehead atoms. The minimum atomic E-state index is 0.293. The molecule has 0 aromatic heterocycles.